The van der Waals surface area contributed by atoms with Crippen LogP contribution in [0.15, 0.2) is 48.8 Å². The van der Waals surface area contributed by atoms with E-state index in [1.807, 2.05) is 24.3 Å². The maximum absolute atomic E-state index is 12.0. The SMILES string of the molecule is O=C(Cn1cnc2ccccc21)Oc1ccc(Cl)cc1Cl. The van der Waals surface area contributed by atoms with Crippen molar-refractivity contribution < 1.29 is 9.53 Å². The number of hydrogen-bond acceptors (Lipinski definition) is 3. The van der Waals surface area contributed by atoms with Crippen LogP contribution in [0.3, 0.4) is 0 Å². The summed E-state index contributed by atoms with van der Waals surface area (Å²) in [7, 11) is 0. The van der Waals surface area contributed by atoms with Crippen LogP contribution in [0.4, 0.5) is 0 Å². The van der Waals surface area contributed by atoms with Crippen molar-refractivity contribution in [1.29, 1.82) is 0 Å². The molecule has 0 fully saturated rings. The first-order valence-corrected chi connectivity index (χ1v) is 6.95. The second-order valence-corrected chi connectivity index (χ2v) is 5.25. The highest BCUT2D eigenvalue weighted by Gasteiger charge is 2.11. The van der Waals surface area contributed by atoms with Crippen molar-refractivity contribution in [2.45, 2.75) is 6.54 Å². The minimum absolute atomic E-state index is 0.0550. The van der Waals surface area contributed by atoms with Crippen LogP contribution in [0.2, 0.25) is 10.0 Å². The van der Waals surface area contributed by atoms with Gasteiger partial charge in [-0.2, -0.15) is 0 Å². The van der Waals surface area contributed by atoms with Gasteiger partial charge in [0, 0.05) is 5.02 Å². The van der Waals surface area contributed by atoms with Gasteiger partial charge in [-0.1, -0.05) is 35.3 Å². The number of carbonyl (C=O) groups excluding carboxylic acids is 1. The summed E-state index contributed by atoms with van der Waals surface area (Å²) >= 11 is 11.8. The Morgan fingerprint density at radius 2 is 2.00 bits per heavy atom. The van der Waals surface area contributed by atoms with E-state index in [1.54, 1.807) is 23.0 Å². The van der Waals surface area contributed by atoms with Gasteiger partial charge < -0.3 is 9.30 Å². The lowest BCUT2D eigenvalue weighted by Gasteiger charge is -2.07. The lowest BCUT2D eigenvalue weighted by molar-refractivity contribution is -0.134. The smallest absolute Gasteiger partial charge is 0.331 e. The van der Waals surface area contributed by atoms with Crippen molar-refractivity contribution in [2.24, 2.45) is 0 Å². The number of rotatable bonds is 3. The van der Waals surface area contributed by atoms with E-state index >= 15 is 0 Å². The maximum atomic E-state index is 12.0. The van der Waals surface area contributed by atoms with Gasteiger partial charge in [0.15, 0.2) is 0 Å². The minimum atomic E-state index is -0.428. The van der Waals surface area contributed by atoms with E-state index in [0.29, 0.717) is 10.0 Å². The third-order valence-electron chi connectivity index (χ3n) is 2.94. The number of para-hydroxylation sites is 2. The Hall–Kier alpha value is -2.04. The molecule has 1 aromatic heterocycles. The van der Waals surface area contributed by atoms with Crippen molar-refractivity contribution in [3.8, 4) is 5.75 Å². The zero-order valence-corrected chi connectivity index (χ0v) is 12.3. The Kier molecular flexibility index (Phi) is 3.82. The van der Waals surface area contributed by atoms with E-state index in [1.165, 1.54) is 6.07 Å². The Morgan fingerprint density at radius 3 is 2.81 bits per heavy atom. The van der Waals surface area contributed by atoms with Crippen LogP contribution in [0, 0.1) is 0 Å². The van der Waals surface area contributed by atoms with Crippen LogP contribution in [0.1, 0.15) is 0 Å². The predicted molar refractivity (Wildman–Crippen MR) is 81.8 cm³/mol. The van der Waals surface area contributed by atoms with Gasteiger partial charge >= 0.3 is 5.97 Å². The summed E-state index contributed by atoms with van der Waals surface area (Å²) in [5.41, 5.74) is 1.70. The van der Waals surface area contributed by atoms with Crippen LogP contribution in [-0.4, -0.2) is 15.5 Å². The number of nitrogens with zero attached hydrogens (tertiary/aromatic N) is 2. The fraction of sp³-hybridized carbons (Fsp3) is 0.0667. The highest BCUT2D eigenvalue weighted by molar-refractivity contribution is 6.35. The van der Waals surface area contributed by atoms with Gasteiger partial charge in [0.05, 0.1) is 22.4 Å². The minimum Gasteiger partial charge on any atom is -0.424 e. The summed E-state index contributed by atoms with van der Waals surface area (Å²) in [5, 5.41) is 0.784. The van der Waals surface area contributed by atoms with E-state index in [9.17, 15) is 4.79 Å². The van der Waals surface area contributed by atoms with Crippen LogP contribution in [0.25, 0.3) is 11.0 Å². The number of aromatic nitrogens is 2. The molecule has 0 aliphatic heterocycles. The molecule has 0 saturated heterocycles. The third-order valence-corrected chi connectivity index (χ3v) is 3.47. The van der Waals surface area contributed by atoms with Crippen molar-refractivity contribution in [1.82, 2.24) is 9.55 Å². The fourth-order valence-corrected chi connectivity index (χ4v) is 2.44. The predicted octanol–water partition coefficient (Wildman–Crippen LogP) is 3.95. The summed E-state index contributed by atoms with van der Waals surface area (Å²) in [6.07, 6.45) is 1.61. The van der Waals surface area contributed by atoms with Crippen LogP contribution < -0.4 is 4.74 Å². The Balaban J connectivity index is 1.77. The molecule has 0 spiro atoms. The first-order chi connectivity index (χ1) is 10.1. The Labute approximate surface area is 130 Å². The van der Waals surface area contributed by atoms with Crippen LogP contribution in [0.5, 0.6) is 5.75 Å². The fourth-order valence-electron chi connectivity index (χ4n) is 1.99. The summed E-state index contributed by atoms with van der Waals surface area (Å²) in [5.74, 6) is -0.141. The van der Waals surface area contributed by atoms with E-state index in [-0.39, 0.29) is 12.3 Å². The number of hydrogen-bond donors (Lipinski definition) is 0. The highest BCUT2D eigenvalue weighted by atomic mass is 35.5. The van der Waals surface area contributed by atoms with E-state index in [0.717, 1.165) is 11.0 Å². The molecule has 0 amide bonds. The molecule has 3 rings (SSSR count). The monoisotopic (exact) mass is 320 g/mol. The van der Waals surface area contributed by atoms with Gasteiger partial charge in [0.1, 0.15) is 12.3 Å². The molecule has 6 heteroatoms. The zero-order valence-electron chi connectivity index (χ0n) is 10.8. The van der Waals surface area contributed by atoms with Crippen molar-refractivity contribution in [2.75, 3.05) is 0 Å². The molecular formula is C15H10Cl2N2O2. The number of halogens is 2. The third kappa shape index (κ3) is 3.01. The number of carbonyl (C=O) groups is 1. The van der Waals surface area contributed by atoms with Gasteiger partial charge in [0.25, 0.3) is 0 Å². The second-order valence-electron chi connectivity index (χ2n) is 4.41. The number of benzene rings is 2. The summed E-state index contributed by atoms with van der Waals surface area (Å²) in [4.78, 5) is 16.2. The molecule has 0 radical (unpaired) electrons. The average Bonchev–Trinajstić information content (AvgIpc) is 2.85. The number of imidazole rings is 1. The molecule has 0 atom stereocenters. The van der Waals surface area contributed by atoms with Crippen molar-refractivity contribution in [3.63, 3.8) is 0 Å². The molecule has 0 aliphatic carbocycles. The summed E-state index contributed by atoms with van der Waals surface area (Å²) in [6, 6.07) is 12.3. The molecule has 4 nitrogen and oxygen atoms in total. The molecule has 0 bridgehead atoms. The largest absolute Gasteiger partial charge is 0.424 e. The molecule has 2 aromatic carbocycles. The lowest BCUT2D eigenvalue weighted by Crippen LogP contribution is -2.15. The van der Waals surface area contributed by atoms with Gasteiger partial charge in [-0.15, -0.1) is 0 Å². The Morgan fingerprint density at radius 1 is 1.19 bits per heavy atom. The van der Waals surface area contributed by atoms with E-state index in [4.69, 9.17) is 27.9 Å². The average molecular weight is 321 g/mol. The maximum Gasteiger partial charge on any atom is 0.331 e. The molecule has 3 aromatic rings. The van der Waals surface area contributed by atoms with Gasteiger partial charge in [0.2, 0.25) is 0 Å². The van der Waals surface area contributed by atoms with Crippen molar-refractivity contribution >= 4 is 40.2 Å². The molecule has 0 N–H and O–H groups in total. The molecule has 1 heterocycles. The first-order valence-electron chi connectivity index (χ1n) is 6.19. The summed E-state index contributed by atoms with van der Waals surface area (Å²) in [6.45, 7) is 0.0550. The highest BCUT2D eigenvalue weighted by Crippen LogP contribution is 2.27. The second kappa shape index (κ2) is 5.76. The summed E-state index contributed by atoms with van der Waals surface area (Å²) < 4.78 is 6.97. The first kappa shape index (κ1) is 13.9. The van der Waals surface area contributed by atoms with Crippen molar-refractivity contribution in [3.05, 3.63) is 58.8 Å². The van der Waals surface area contributed by atoms with Gasteiger partial charge in [-0.3, -0.25) is 0 Å². The lowest BCUT2D eigenvalue weighted by atomic mass is 10.3. The number of fused-ring (bicyclic) bond motifs is 1. The molecule has 0 aliphatic rings. The van der Waals surface area contributed by atoms with Crippen LogP contribution >= 0.6 is 23.2 Å². The normalized spacial score (nSPS) is 10.8. The number of esters is 1. The van der Waals surface area contributed by atoms with Crippen LogP contribution in [-0.2, 0) is 11.3 Å². The quantitative estimate of drug-likeness (QED) is 0.542. The number of ether oxygens (including phenoxy) is 1. The Bertz CT molecular complexity index is 814. The van der Waals surface area contributed by atoms with Gasteiger partial charge in [-0.05, 0) is 30.3 Å². The zero-order chi connectivity index (χ0) is 14.8. The molecule has 21 heavy (non-hydrogen) atoms. The molecular weight excluding hydrogens is 311 g/mol. The molecule has 106 valence electrons. The molecule has 0 unspecified atom stereocenters. The standard InChI is InChI=1S/C15H10Cl2N2O2/c16-10-5-6-14(11(17)7-10)21-15(20)8-19-9-18-12-3-1-2-4-13(12)19/h1-7,9H,8H2. The van der Waals surface area contributed by atoms with E-state index < -0.39 is 5.97 Å². The molecule has 0 saturated carbocycles. The van der Waals surface area contributed by atoms with Gasteiger partial charge in [-0.25, -0.2) is 9.78 Å². The topological polar surface area (TPSA) is 44.1 Å². The van der Waals surface area contributed by atoms with E-state index in [2.05, 4.69) is 4.98 Å².